The summed E-state index contributed by atoms with van der Waals surface area (Å²) in [5.74, 6) is -1.58. The fourth-order valence-electron chi connectivity index (χ4n) is 5.48. The number of carbonyl (C=O) groups excluding carboxylic acids is 1. The summed E-state index contributed by atoms with van der Waals surface area (Å²) < 4.78 is 66.7. The minimum atomic E-state index is -5.01. The molecule has 1 saturated heterocycles. The molecular weight excluding hydrogens is 651 g/mol. The summed E-state index contributed by atoms with van der Waals surface area (Å²) in [6.07, 6.45) is -9.40. The maximum atomic E-state index is 14.3. The van der Waals surface area contributed by atoms with Crippen molar-refractivity contribution in [1.82, 2.24) is 4.90 Å². The van der Waals surface area contributed by atoms with E-state index >= 15 is 0 Å². The van der Waals surface area contributed by atoms with Crippen LogP contribution in [0.1, 0.15) is 30.0 Å². The van der Waals surface area contributed by atoms with Crippen molar-refractivity contribution in [1.29, 1.82) is 0 Å². The molecule has 0 N–H and O–H groups in total. The monoisotopic (exact) mass is 687 g/mol. The molecule has 0 saturated carbocycles. The third kappa shape index (κ3) is 10.1. The van der Waals surface area contributed by atoms with Crippen LogP contribution in [0.25, 0.3) is 10.4 Å². The summed E-state index contributed by atoms with van der Waals surface area (Å²) >= 11 is 0. The van der Waals surface area contributed by atoms with Crippen molar-refractivity contribution in [3.05, 3.63) is 148 Å². The van der Waals surface area contributed by atoms with Crippen LogP contribution in [0.5, 0.6) is 0 Å². The van der Waals surface area contributed by atoms with Crippen LogP contribution in [0.15, 0.2) is 131 Å². The molecule has 1 fully saturated rings. The molecule has 4 aromatic carbocycles. The Bertz CT molecular complexity index is 1730. The number of alkyl halides is 3. The van der Waals surface area contributed by atoms with E-state index in [0.29, 0.717) is 0 Å². The van der Waals surface area contributed by atoms with Crippen LogP contribution >= 0.6 is 0 Å². The molecule has 0 radical (unpaired) electrons. The number of aliphatic imine (C=N–C) groups is 1. The second-order valence-corrected chi connectivity index (χ2v) is 11.6. The maximum absolute atomic E-state index is 14.3. The van der Waals surface area contributed by atoms with Gasteiger partial charge < -0.3 is 18.9 Å². The second-order valence-electron chi connectivity index (χ2n) is 11.6. The highest BCUT2D eigenvalue weighted by molar-refractivity contribution is 5.84. The van der Waals surface area contributed by atoms with E-state index in [1.165, 1.54) is 29.2 Å². The smallest absolute Gasteiger partial charge is 0.445 e. The third-order valence-electron chi connectivity index (χ3n) is 8.01. The van der Waals surface area contributed by atoms with Gasteiger partial charge in [-0.1, -0.05) is 114 Å². The first-order valence-corrected chi connectivity index (χ1v) is 16.0. The maximum Gasteiger partial charge on any atom is 0.468 e. The fourth-order valence-corrected chi connectivity index (χ4v) is 5.48. The number of benzene rings is 4. The zero-order valence-corrected chi connectivity index (χ0v) is 27.2. The topological polar surface area (TPSA) is 118 Å². The molecule has 5 atom stereocenters. The summed E-state index contributed by atoms with van der Waals surface area (Å²) in [6, 6.07) is 33.0. The van der Waals surface area contributed by atoms with Crippen LogP contribution in [0.4, 0.5) is 23.7 Å². The number of azide groups is 1. The molecule has 10 nitrogen and oxygen atoms in total. The quantitative estimate of drug-likeness (QED) is 0.0485. The van der Waals surface area contributed by atoms with E-state index < -0.39 is 48.7 Å². The van der Waals surface area contributed by atoms with Gasteiger partial charge in [0, 0.05) is 11.5 Å². The molecule has 1 heterocycles. The normalized spacial score (nSPS) is 19.9. The molecule has 260 valence electrons. The van der Waals surface area contributed by atoms with Crippen molar-refractivity contribution >= 4 is 17.7 Å². The van der Waals surface area contributed by atoms with Gasteiger partial charge in [-0.25, -0.2) is 9.79 Å². The Morgan fingerprint density at radius 3 is 1.98 bits per heavy atom. The van der Waals surface area contributed by atoms with E-state index in [1.54, 1.807) is 13.0 Å². The first-order chi connectivity index (χ1) is 24.2. The molecule has 0 bridgehead atoms. The van der Waals surface area contributed by atoms with Gasteiger partial charge in [0.15, 0.2) is 0 Å². The van der Waals surface area contributed by atoms with Crippen molar-refractivity contribution in [2.45, 2.75) is 69.9 Å². The summed E-state index contributed by atoms with van der Waals surface area (Å²) in [4.78, 5) is 21.8. The number of ether oxygens (including phenoxy) is 4. The summed E-state index contributed by atoms with van der Waals surface area (Å²) in [5.41, 5.74) is 11.8. The van der Waals surface area contributed by atoms with Crippen LogP contribution in [0.2, 0.25) is 0 Å². The van der Waals surface area contributed by atoms with Crippen molar-refractivity contribution in [2.24, 2.45) is 10.1 Å². The van der Waals surface area contributed by atoms with Crippen LogP contribution in [0.3, 0.4) is 0 Å². The lowest BCUT2D eigenvalue weighted by molar-refractivity contribution is -0.234. The summed E-state index contributed by atoms with van der Waals surface area (Å²) in [6.45, 7) is 1.90. The Morgan fingerprint density at radius 2 is 1.42 bits per heavy atom. The number of nitrogens with zero attached hydrogens (tertiary/aromatic N) is 5. The van der Waals surface area contributed by atoms with Gasteiger partial charge in [0.2, 0.25) is 6.29 Å². The number of para-hydroxylation sites is 1. The van der Waals surface area contributed by atoms with Gasteiger partial charge >= 0.3 is 12.3 Å². The zero-order chi connectivity index (χ0) is 35.3. The van der Waals surface area contributed by atoms with Crippen molar-refractivity contribution in [3.8, 4) is 0 Å². The van der Waals surface area contributed by atoms with Gasteiger partial charge in [0.1, 0.15) is 18.8 Å². The Kier molecular flexibility index (Phi) is 12.5. The summed E-state index contributed by atoms with van der Waals surface area (Å²) in [7, 11) is 0. The lowest BCUT2D eigenvalue weighted by Gasteiger charge is -2.44. The Balaban J connectivity index is 1.48. The molecular formula is C37H36F3N5O5. The first-order valence-electron chi connectivity index (χ1n) is 16.0. The lowest BCUT2D eigenvalue weighted by Crippen LogP contribution is -2.58. The van der Waals surface area contributed by atoms with Crippen LogP contribution in [-0.4, -0.2) is 53.6 Å². The molecule has 13 heteroatoms. The number of halogens is 3. The number of carbonyl (C=O) groups is 1. The molecule has 4 aromatic rings. The molecule has 1 unspecified atom stereocenters. The third-order valence-corrected chi connectivity index (χ3v) is 8.01. The predicted octanol–water partition coefficient (Wildman–Crippen LogP) is 8.90. The van der Waals surface area contributed by atoms with E-state index in [9.17, 15) is 23.5 Å². The molecule has 5 rings (SSSR count). The Morgan fingerprint density at radius 1 is 0.880 bits per heavy atom. The average Bonchev–Trinajstić information content (AvgIpc) is 3.13. The van der Waals surface area contributed by atoms with Gasteiger partial charge in [-0.15, -0.1) is 0 Å². The first kappa shape index (κ1) is 35.9. The van der Waals surface area contributed by atoms with Crippen LogP contribution < -0.4 is 0 Å². The predicted molar refractivity (Wildman–Crippen MR) is 180 cm³/mol. The van der Waals surface area contributed by atoms with Gasteiger partial charge in [0.25, 0.3) is 5.90 Å². The van der Waals surface area contributed by atoms with Gasteiger partial charge in [-0.05, 0) is 47.7 Å². The van der Waals surface area contributed by atoms with Crippen LogP contribution in [0, 0.1) is 0 Å². The number of hydrogen-bond acceptors (Lipinski definition) is 7. The summed E-state index contributed by atoms with van der Waals surface area (Å²) in [5, 5.41) is 3.74. The molecule has 0 spiro atoms. The van der Waals surface area contributed by atoms with E-state index in [0.717, 1.165) is 16.7 Å². The molecule has 50 heavy (non-hydrogen) atoms. The number of amides is 1. The fraction of sp³-hybridized carbons (Fsp3) is 0.297. The molecule has 0 aliphatic carbocycles. The molecule has 1 amide bonds. The SMILES string of the molecule is C[C@@H]([C@H]1OC(OC(=Nc2ccccc2)C(F)(F)F)[C@H](N=[N+]=[N-])C[C@@H]1OCc1ccccc1)N(Cc1ccccc1)C(=O)OCc1ccccc1. The van der Waals surface area contributed by atoms with Crippen LogP contribution in [-0.2, 0) is 38.7 Å². The van der Waals surface area contributed by atoms with E-state index in [2.05, 4.69) is 15.0 Å². The van der Waals surface area contributed by atoms with Gasteiger partial charge in [-0.3, -0.25) is 4.90 Å². The van der Waals surface area contributed by atoms with E-state index in [4.69, 9.17) is 18.9 Å². The van der Waals surface area contributed by atoms with E-state index in [-0.39, 0.29) is 31.9 Å². The van der Waals surface area contributed by atoms with Crippen molar-refractivity contribution < 1.29 is 36.9 Å². The molecule has 1 aliphatic heterocycles. The highest BCUT2D eigenvalue weighted by Gasteiger charge is 2.48. The van der Waals surface area contributed by atoms with Gasteiger partial charge in [0.05, 0.1) is 24.4 Å². The minimum Gasteiger partial charge on any atom is -0.445 e. The standard InChI is InChI=1S/C37H36F3N5O5/c1-26(45(23-27-14-6-2-7-15-27)36(46)48-25-29-18-10-4-11-19-29)33-32(47-24-28-16-8-3-9-17-28)22-31(43-44-41)34(49-33)50-35(37(38,39)40)42-30-20-12-5-13-21-30/h2-21,26,31-34H,22-25H2,1H3/t26-,31+,32-,33+,34?/m0/s1. The van der Waals surface area contributed by atoms with Crippen molar-refractivity contribution in [3.63, 3.8) is 0 Å². The lowest BCUT2D eigenvalue weighted by atomic mass is 9.95. The number of hydrogen-bond donors (Lipinski definition) is 0. The van der Waals surface area contributed by atoms with Gasteiger partial charge in [-0.2, -0.15) is 13.2 Å². The largest absolute Gasteiger partial charge is 0.468 e. The van der Waals surface area contributed by atoms with Crippen molar-refractivity contribution in [2.75, 3.05) is 0 Å². The number of rotatable bonds is 12. The Hall–Kier alpha value is -5.36. The average molecular weight is 688 g/mol. The zero-order valence-electron chi connectivity index (χ0n) is 27.2. The molecule has 0 aromatic heterocycles. The minimum absolute atomic E-state index is 0.000144. The van der Waals surface area contributed by atoms with E-state index in [1.807, 2.05) is 91.0 Å². The molecule has 1 aliphatic rings. The Labute approximate surface area is 287 Å². The highest BCUT2D eigenvalue weighted by Crippen LogP contribution is 2.33. The second kappa shape index (κ2) is 17.3. The highest BCUT2D eigenvalue weighted by atomic mass is 19.4.